The van der Waals surface area contributed by atoms with Crippen molar-refractivity contribution in [1.82, 2.24) is 20.0 Å². The molecule has 6 heteroatoms. The topological polar surface area (TPSA) is 68.1 Å². The van der Waals surface area contributed by atoms with Crippen LogP contribution in [-0.4, -0.2) is 20.9 Å². The first kappa shape index (κ1) is 17.6. The number of nitrogens with one attached hydrogen (secondary N) is 2. The molecule has 6 nitrogen and oxygen atoms in total. The van der Waals surface area contributed by atoms with Gasteiger partial charge in [-0.2, -0.15) is 0 Å². The molecule has 0 bridgehead atoms. The second-order valence-electron chi connectivity index (χ2n) is 6.43. The van der Waals surface area contributed by atoms with Crippen LogP contribution in [0.15, 0.2) is 85.3 Å². The van der Waals surface area contributed by atoms with Crippen LogP contribution in [0.3, 0.4) is 0 Å². The maximum atomic E-state index is 12.5. The highest BCUT2D eigenvalue weighted by molar-refractivity contribution is 5.98. The maximum Gasteiger partial charge on any atom is 0.271 e. The van der Waals surface area contributed by atoms with Gasteiger partial charge in [0.05, 0.1) is 11.3 Å². The van der Waals surface area contributed by atoms with E-state index in [9.17, 15) is 9.59 Å². The molecule has 0 spiro atoms. The van der Waals surface area contributed by atoms with E-state index in [-0.39, 0.29) is 18.2 Å². The maximum absolute atomic E-state index is 12.5. The summed E-state index contributed by atoms with van der Waals surface area (Å²) >= 11 is 0. The summed E-state index contributed by atoms with van der Waals surface area (Å²) in [6, 6.07) is 21.1. The SMILES string of the molecule is O=C(CCn1ccc2ccccc21)NNC(=O)c1ccccc1-n1cccc1. The van der Waals surface area contributed by atoms with Gasteiger partial charge in [-0.25, -0.2) is 0 Å². The lowest BCUT2D eigenvalue weighted by Crippen LogP contribution is -2.42. The van der Waals surface area contributed by atoms with E-state index in [1.54, 1.807) is 12.1 Å². The van der Waals surface area contributed by atoms with Gasteiger partial charge >= 0.3 is 0 Å². The van der Waals surface area contributed by atoms with Gasteiger partial charge in [0.2, 0.25) is 5.91 Å². The number of fused-ring (bicyclic) bond motifs is 1. The van der Waals surface area contributed by atoms with Crippen molar-refractivity contribution in [3.8, 4) is 5.69 Å². The fourth-order valence-corrected chi connectivity index (χ4v) is 3.20. The third kappa shape index (κ3) is 3.66. The zero-order valence-electron chi connectivity index (χ0n) is 15.2. The molecule has 28 heavy (non-hydrogen) atoms. The number of aromatic nitrogens is 2. The summed E-state index contributed by atoms with van der Waals surface area (Å²) in [7, 11) is 0. The number of benzene rings is 2. The molecule has 0 radical (unpaired) electrons. The van der Waals surface area contributed by atoms with Crippen molar-refractivity contribution in [2.24, 2.45) is 0 Å². The van der Waals surface area contributed by atoms with Crippen molar-refractivity contribution >= 4 is 22.7 Å². The smallest absolute Gasteiger partial charge is 0.271 e. The molecule has 140 valence electrons. The third-order valence-electron chi connectivity index (χ3n) is 4.61. The molecule has 0 atom stereocenters. The van der Waals surface area contributed by atoms with Crippen LogP contribution >= 0.6 is 0 Å². The monoisotopic (exact) mass is 372 g/mol. The van der Waals surface area contributed by atoms with Crippen molar-refractivity contribution in [3.05, 3.63) is 90.9 Å². The van der Waals surface area contributed by atoms with Crippen LogP contribution < -0.4 is 10.9 Å². The number of amides is 2. The van der Waals surface area contributed by atoms with Crippen LogP contribution in [0.1, 0.15) is 16.8 Å². The van der Waals surface area contributed by atoms with Crippen molar-refractivity contribution in [2.45, 2.75) is 13.0 Å². The van der Waals surface area contributed by atoms with Gasteiger partial charge in [0.1, 0.15) is 0 Å². The molecule has 2 aromatic heterocycles. The molecule has 0 unspecified atom stereocenters. The predicted molar refractivity (Wildman–Crippen MR) is 108 cm³/mol. The predicted octanol–water partition coefficient (Wildman–Crippen LogP) is 3.28. The van der Waals surface area contributed by atoms with Gasteiger partial charge in [-0.05, 0) is 41.8 Å². The average Bonchev–Trinajstić information content (AvgIpc) is 3.40. The Bertz CT molecular complexity index is 1110. The van der Waals surface area contributed by atoms with Crippen molar-refractivity contribution < 1.29 is 9.59 Å². The van der Waals surface area contributed by atoms with E-state index in [2.05, 4.69) is 10.9 Å². The van der Waals surface area contributed by atoms with Crippen molar-refractivity contribution in [3.63, 3.8) is 0 Å². The van der Waals surface area contributed by atoms with Crippen LogP contribution in [0.4, 0.5) is 0 Å². The Labute approximate surface area is 162 Å². The number of carbonyl (C=O) groups is 2. The van der Waals surface area contributed by atoms with E-state index >= 15 is 0 Å². The quantitative estimate of drug-likeness (QED) is 0.528. The first-order chi connectivity index (χ1) is 13.7. The third-order valence-corrected chi connectivity index (χ3v) is 4.61. The summed E-state index contributed by atoms with van der Waals surface area (Å²) in [5.41, 5.74) is 7.32. The van der Waals surface area contributed by atoms with Crippen molar-refractivity contribution in [2.75, 3.05) is 0 Å². The molecular formula is C22H20N4O2. The first-order valence-corrected chi connectivity index (χ1v) is 9.08. The molecule has 2 amide bonds. The number of hydrogen-bond acceptors (Lipinski definition) is 2. The fourth-order valence-electron chi connectivity index (χ4n) is 3.20. The van der Waals surface area contributed by atoms with Gasteiger partial charge < -0.3 is 9.13 Å². The average molecular weight is 372 g/mol. The van der Waals surface area contributed by atoms with E-state index < -0.39 is 0 Å². The van der Waals surface area contributed by atoms with Gasteiger partial charge in [-0.3, -0.25) is 20.4 Å². The zero-order chi connectivity index (χ0) is 19.3. The lowest BCUT2D eigenvalue weighted by atomic mass is 10.1. The van der Waals surface area contributed by atoms with Crippen LogP contribution in [0, 0.1) is 0 Å². The summed E-state index contributed by atoms with van der Waals surface area (Å²) in [5, 5.41) is 1.14. The highest BCUT2D eigenvalue weighted by Crippen LogP contribution is 2.16. The highest BCUT2D eigenvalue weighted by Gasteiger charge is 2.13. The Morgan fingerprint density at radius 1 is 0.786 bits per heavy atom. The van der Waals surface area contributed by atoms with Gasteiger partial charge in [-0.15, -0.1) is 0 Å². The molecule has 0 aliphatic rings. The lowest BCUT2D eigenvalue weighted by Gasteiger charge is -2.12. The number of hydrazine groups is 1. The molecule has 0 aliphatic carbocycles. The number of hydrogen-bond donors (Lipinski definition) is 2. The van der Waals surface area contributed by atoms with E-state index in [1.165, 1.54) is 0 Å². The number of para-hydroxylation sites is 2. The molecule has 4 rings (SSSR count). The number of rotatable bonds is 5. The Morgan fingerprint density at radius 3 is 2.39 bits per heavy atom. The molecule has 0 saturated heterocycles. The normalized spacial score (nSPS) is 10.7. The van der Waals surface area contributed by atoms with Gasteiger partial charge in [-0.1, -0.05) is 30.3 Å². The number of aryl methyl sites for hydroxylation is 1. The largest absolute Gasteiger partial charge is 0.347 e. The first-order valence-electron chi connectivity index (χ1n) is 9.08. The molecule has 0 saturated carbocycles. The summed E-state index contributed by atoms with van der Waals surface area (Å²) in [6.45, 7) is 0.537. The Balaban J connectivity index is 1.36. The Morgan fingerprint density at radius 2 is 1.54 bits per heavy atom. The summed E-state index contributed by atoms with van der Waals surface area (Å²) in [5.74, 6) is -0.603. The van der Waals surface area contributed by atoms with Crippen LogP contribution in [0.2, 0.25) is 0 Å². The number of carbonyl (C=O) groups excluding carboxylic acids is 2. The lowest BCUT2D eigenvalue weighted by molar-refractivity contribution is -0.122. The Kier molecular flexibility index (Phi) is 4.93. The van der Waals surface area contributed by atoms with E-state index in [0.29, 0.717) is 12.1 Å². The fraction of sp³-hybridized carbons (Fsp3) is 0.0909. The second-order valence-corrected chi connectivity index (χ2v) is 6.43. The molecule has 0 fully saturated rings. The molecule has 2 heterocycles. The van der Waals surface area contributed by atoms with E-state index in [1.807, 2.05) is 82.3 Å². The minimum atomic E-state index is -0.357. The molecule has 0 aliphatic heterocycles. The van der Waals surface area contributed by atoms with E-state index in [4.69, 9.17) is 0 Å². The molecule has 2 aromatic carbocycles. The standard InChI is InChI=1S/C22H20N4O2/c27-21(12-16-26-15-11-17-7-1-3-9-19(17)26)23-24-22(28)18-8-2-4-10-20(18)25-13-5-6-14-25/h1-11,13-15H,12,16H2,(H,23,27)(H,24,28). The minimum absolute atomic E-state index is 0.246. The van der Waals surface area contributed by atoms with Crippen molar-refractivity contribution in [1.29, 1.82) is 0 Å². The summed E-state index contributed by atoms with van der Waals surface area (Å²) in [4.78, 5) is 24.7. The Hall–Kier alpha value is -3.80. The van der Waals surface area contributed by atoms with Crippen LogP contribution in [0.25, 0.3) is 16.6 Å². The minimum Gasteiger partial charge on any atom is -0.347 e. The number of nitrogens with zero attached hydrogens (tertiary/aromatic N) is 2. The summed E-state index contributed by atoms with van der Waals surface area (Å²) < 4.78 is 3.88. The van der Waals surface area contributed by atoms with Gasteiger partial charge in [0, 0.05) is 37.1 Å². The highest BCUT2D eigenvalue weighted by atomic mass is 16.2. The molecule has 2 N–H and O–H groups in total. The molecular weight excluding hydrogens is 352 g/mol. The van der Waals surface area contributed by atoms with Crippen LogP contribution in [-0.2, 0) is 11.3 Å². The van der Waals surface area contributed by atoms with Gasteiger partial charge in [0.25, 0.3) is 5.91 Å². The van der Waals surface area contributed by atoms with E-state index in [0.717, 1.165) is 16.6 Å². The van der Waals surface area contributed by atoms with Crippen LogP contribution in [0.5, 0.6) is 0 Å². The molecule has 4 aromatic rings. The second kappa shape index (κ2) is 7.84. The van der Waals surface area contributed by atoms with Gasteiger partial charge in [0.15, 0.2) is 0 Å². The summed E-state index contributed by atoms with van der Waals surface area (Å²) in [6.07, 6.45) is 5.96. The zero-order valence-corrected chi connectivity index (χ0v) is 15.2.